The molecule has 0 aromatic carbocycles. The van der Waals surface area contributed by atoms with Gasteiger partial charge in [-0.25, -0.2) is 0 Å². The van der Waals surface area contributed by atoms with Crippen LogP contribution in [0.2, 0.25) is 0 Å². The number of aromatic nitrogens is 1. The molecule has 6 heteroatoms. The molecule has 0 saturated heterocycles. The zero-order chi connectivity index (χ0) is 12.1. The summed E-state index contributed by atoms with van der Waals surface area (Å²) >= 11 is 5.05. The molecule has 2 aromatic rings. The molecule has 0 amide bonds. The van der Waals surface area contributed by atoms with Gasteiger partial charge in [-0.2, -0.15) is 0 Å². The zero-order valence-corrected chi connectivity index (χ0v) is 11.8. The fraction of sp³-hybridized carbons (Fsp3) is 0.364. The molecule has 0 aliphatic carbocycles. The largest absolute Gasteiger partial charge is 0.383 e. The van der Waals surface area contributed by atoms with Crippen molar-refractivity contribution in [1.29, 1.82) is 0 Å². The standard InChI is InChI=1S/C11H13BrN2O2S/c1-15-5-4-13-7-8-6-9(16-14-8)10-2-3-11(12)17-10/h2-3,6,13H,4-5,7H2,1H3. The van der Waals surface area contributed by atoms with Crippen molar-refractivity contribution < 1.29 is 9.26 Å². The first-order valence-electron chi connectivity index (χ1n) is 5.20. The van der Waals surface area contributed by atoms with E-state index >= 15 is 0 Å². The highest BCUT2D eigenvalue weighted by atomic mass is 79.9. The Labute approximate surface area is 112 Å². The van der Waals surface area contributed by atoms with E-state index in [2.05, 4.69) is 26.4 Å². The van der Waals surface area contributed by atoms with Crippen LogP contribution in [0.3, 0.4) is 0 Å². The third-order valence-electron chi connectivity index (χ3n) is 2.16. The average Bonchev–Trinajstić information content (AvgIpc) is 2.93. The van der Waals surface area contributed by atoms with Gasteiger partial charge < -0.3 is 14.6 Å². The fourth-order valence-electron chi connectivity index (χ4n) is 1.35. The molecular formula is C11H13BrN2O2S. The second-order valence-corrected chi connectivity index (χ2v) is 5.92. The van der Waals surface area contributed by atoms with Gasteiger partial charge in [-0.1, -0.05) is 5.16 Å². The summed E-state index contributed by atoms with van der Waals surface area (Å²) in [5.74, 6) is 0.809. The Morgan fingerprint density at radius 1 is 1.53 bits per heavy atom. The maximum atomic E-state index is 5.29. The molecule has 17 heavy (non-hydrogen) atoms. The molecule has 0 atom stereocenters. The summed E-state index contributed by atoms with van der Waals surface area (Å²) in [6.07, 6.45) is 0. The third kappa shape index (κ3) is 3.64. The smallest absolute Gasteiger partial charge is 0.177 e. The van der Waals surface area contributed by atoms with Crippen LogP contribution in [0.5, 0.6) is 0 Å². The first-order chi connectivity index (χ1) is 8.29. The van der Waals surface area contributed by atoms with Gasteiger partial charge in [0.25, 0.3) is 0 Å². The first kappa shape index (κ1) is 12.8. The minimum absolute atomic E-state index is 0.694. The van der Waals surface area contributed by atoms with Crippen LogP contribution in [-0.2, 0) is 11.3 Å². The lowest BCUT2D eigenvalue weighted by atomic mass is 10.3. The van der Waals surface area contributed by atoms with Crippen LogP contribution in [0.4, 0.5) is 0 Å². The van der Waals surface area contributed by atoms with E-state index in [-0.39, 0.29) is 0 Å². The van der Waals surface area contributed by atoms with Gasteiger partial charge in [0.1, 0.15) is 0 Å². The Bertz CT molecular complexity index is 469. The monoisotopic (exact) mass is 316 g/mol. The average molecular weight is 317 g/mol. The van der Waals surface area contributed by atoms with Crippen molar-refractivity contribution >= 4 is 27.3 Å². The van der Waals surface area contributed by atoms with Crippen molar-refractivity contribution in [2.24, 2.45) is 0 Å². The highest BCUT2D eigenvalue weighted by Gasteiger charge is 2.08. The van der Waals surface area contributed by atoms with Crippen molar-refractivity contribution in [3.05, 3.63) is 27.7 Å². The Morgan fingerprint density at radius 2 is 2.41 bits per heavy atom. The van der Waals surface area contributed by atoms with Gasteiger partial charge in [-0.15, -0.1) is 11.3 Å². The molecule has 0 aliphatic heterocycles. The molecule has 0 aliphatic rings. The number of methoxy groups -OCH3 is 1. The van der Waals surface area contributed by atoms with E-state index in [4.69, 9.17) is 9.26 Å². The lowest BCUT2D eigenvalue weighted by molar-refractivity contribution is 0.199. The molecule has 4 nitrogen and oxygen atoms in total. The number of rotatable bonds is 6. The second kappa shape index (κ2) is 6.30. The minimum Gasteiger partial charge on any atom is -0.383 e. The molecule has 0 radical (unpaired) electrons. The number of halogens is 1. The zero-order valence-electron chi connectivity index (χ0n) is 9.40. The summed E-state index contributed by atoms with van der Waals surface area (Å²) in [4.78, 5) is 1.08. The third-order valence-corrected chi connectivity index (χ3v) is 3.80. The van der Waals surface area contributed by atoms with Gasteiger partial charge >= 0.3 is 0 Å². The molecular weight excluding hydrogens is 304 g/mol. The number of hydrogen-bond acceptors (Lipinski definition) is 5. The van der Waals surface area contributed by atoms with Gasteiger partial charge in [0.05, 0.1) is 21.0 Å². The molecule has 0 unspecified atom stereocenters. The predicted molar refractivity (Wildman–Crippen MR) is 71.1 cm³/mol. The molecule has 0 saturated carbocycles. The maximum Gasteiger partial charge on any atom is 0.177 e. The SMILES string of the molecule is COCCNCc1cc(-c2ccc(Br)s2)on1. The van der Waals surface area contributed by atoms with E-state index in [1.54, 1.807) is 18.4 Å². The summed E-state index contributed by atoms with van der Waals surface area (Å²) in [5.41, 5.74) is 0.903. The van der Waals surface area contributed by atoms with Crippen molar-refractivity contribution in [3.8, 4) is 10.6 Å². The van der Waals surface area contributed by atoms with E-state index in [9.17, 15) is 0 Å². The minimum atomic E-state index is 0.694. The lowest BCUT2D eigenvalue weighted by Crippen LogP contribution is -2.18. The van der Waals surface area contributed by atoms with Crippen molar-refractivity contribution in [3.63, 3.8) is 0 Å². The van der Waals surface area contributed by atoms with Gasteiger partial charge in [0.15, 0.2) is 5.76 Å². The summed E-state index contributed by atoms with van der Waals surface area (Å²) < 4.78 is 11.3. The Balaban J connectivity index is 1.92. The second-order valence-electron chi connectivity index (χ2n) is 3.46. The van der Waals surface area contributed by atoms with Crippen LogP contribution >= 0.6 is 27.3 Å². The summed E-state index contributed by atoms with van der Waals surface area (Å²) in [5, 5.41) is 7.23. The number of hydrogen-bond donors (Lipinski definition) is 1. The molecule has 2 rings (SSSR count). The van der Waals surface area contributed by atoms with E-state index in [0.717, 1.165) is 26.7 Å². The molecule has 0 spiro atoms. The number of ether oxygens (including phenoxy) is 1. The van der Waals surface area contributed by atoms with Gasteiger partial charge in [0, 0.05) is 26.3 Å². The molecule has 0 bridgehead atoms. The van der Waals surface area contributed by atoms with Crippen molar-refractivity contribution in [1.82, 2.24) is 10.5 Å². The van der Waals surface area contributed by atoms with Gasteiger partial charge in [0.2, 0.25) is 0 Å². The summed E-state index contributed by atoms with van der Waals surface area (Å²) in [6, 6.07) is 5.97. The Hall–Kier alpha value is -0.690. The molecule has 2 heterocycles. The number of thiophene rings is 1. The van der Waals surface area contributed by atoms with Gasteiger partial charge in [-0.05, 0) is 28.1 Å². The van der Waals surface area contributed by atoms with Crippen molar-refractivity contribution in [2.75, 3.05) is 20.3 Å². The highest BCUT2D eigenvalue weighted by molar-refractivity contribution is 9.11. The molecule has 2 aromatic heterocycles. The fourth-order valence-corrected chi connectivity index (χ4v) is 2.68. The number of nitrogens with one attached hydrogen (secondary N) is 1. The van der Waals surface area contributed by atoms with E-state index < -0.39 is 0 Å². The Morgan fingerprint density at radius 3 is 3.12 bits per heavy atom. The lowest BCUT2D eigenvalue weighted by Gasteiger charge is -1.99. The summed E-state index contributed by atoms with van der Waals surface area (Å²) in [6.45, 7) is 2.20. The Kier molecular flexibility index (Phi) is 4.73. The van der Waals surface area contributed by atoms with Crippen LogP contribution < -0.4 is 5.32 Å². The van der Waals surface area contributed by atoms with Crippen LogP contribution in [0.25, 0.3) is 10.6 Å². The summed E-state index contributed by atoms with van der Waals surface area (Å²) in [7, 11) is 1.69. The van der Waals surface area contributed by atoms with Crippen LogP contribution in [0, 0.1) is 0 Å². The molecule has 0 fully saturated rings. The normalized spacial score (nSPS) is 10.9. The van der Waals surface area contributed by atoms with E-state index in [1.165, 1.54) is 0 Å². The topological polar surface area (TPSA) is 47.3 Å². The van der Waals surface area contributed by atoms with Crippen LogP contribution in [0.1, 0.15) is 5.69 Å². The molecule has 92 valence electrons. The van der Waals surface area contributed by atoms with E-state index in [1.807, 2.05) is 18.2 Å². The molecule has 1 N–H and O–H groups in total. The highest BCUT2D eigenvalue weighted by Crippen LogP contribution is 2.31. The quantitative estimate of drug-likeness (QED) is 0.832. The van der Waals surface area contributed by atoms with Gasteiger partial charge in [-0.3, -0.25) is 0 Å². The van der Waals surface area contributed by atoms with Crippen LogP contribution in [0.15, 0.2) is 26.5 Å². The first-order valence-corrected chi connectivity index (χ1v) is 6.81. The predicted octanol–water partition coefficient (Wildman–Crippen LogP) is 2.90. The van der Waals surface area contributed by atoms with Crippen molar-refractivity contribution in [2.45, 2.75) is 6.54 Å². The van der Waals surface area contributed by atoms with Crippen LogP contribution in [-0.4, -0.2) is 25.4 Å². The van der Waals surface area contributed by atoms with E-state index in [0.29, 0.717) is 13.2 Å². The number of nitrogens with zero attached hydrogens (tertiary/aromatic N) is 1. The maximum absolute atomic E-state index is 5.29.